The highest BCUT2D eigenvalue weighted by molar-refractivity contribution is 6.32. The highest BCUT2D eigenvalue weighted by atomic mass is 16.9. The summed E-state index contributed by atoms with van der Waals surface area (Å²) in [6.07, 6.45) is 0.0137. The van der Waals surface area contributed by atoms with E-state index in [0.29, 0.717) is 26.2 Å². The molecule has 19 heavy (non-hydrogen) atoms. The summed E-state index contributed by atoms with van der Waals surface area (Å²) in [5.41, 5.74) is 0. The number of hydrogen-bond donors (Lipinski definition) is 1. The molecule has 1 rings (SSSR count). The van der Waals surface area contributed by atoms with Gasteiger partial charge in [0.05, 0.1) is 0 Å². The molecular formula is C10H17N3O6. The molecule has 0 saturated carbocycles. The van der Waals surface area contributed by atoms with Crippen molar-refractivity contribution in [2.45, 2.75) is 6.42 Å². The summed E-state index contributed by atoms with van der Waals surface area (Å²) in [6.45, 7) is 3.85. The molecule has 9 nitrogen and oxygen atoms in total. The number of carboxylic acids is 1. The fraction of sp³-hybridized carbons (Fsp3) is 0.800. The summed E-state index contributed by atoms with van der Waals surface area (Å²) in [6, 6.07) is 0. The molecule has 0 aromatic heterocycles. The van der Waals surface area contributed by atoms with Crippen molar-refractivity contribution in [3.63, 3.8) is 0 Å². The Labute approximate surface area is 109 Å². The third-order valence-electron chi connectivity index (χ3n) is 2.96. The number of ketones is 1. The van der Waals surface area contributed by atoms with Gasteiger partial charge < -0.3 is 14.8 Å². The lowest BCUT2D eigenvalue weighted by Gasteiger charge is -2.34. The smallest absolute Gasteiger partial charge is 0.372 e. The van der Waals surface area contributed by atoms with Crippen LogP contribution in [-0.4, -0.2) is 77.6 Å². The van der Waals surface area contributed by atoms with Gasteiger partial charge in [-0.15, -0.1) is 10.1 Å². The molecule has 0 bridgehead atoms. The quantitative estimate of drug-likeness (QED) is 0.336. The number of rotatable bonds is 8. The fourth-order valence-electron chi connectivity index (χ4n) is 1.85. The van der Waals surface area contributed by atoms with Gasteiger partial charge in [-0.3, -0.25) is 9.69 Å². The number of carbonyl (C=O) groups excluding carboxylic acids is 1. The van der Waals surface area contributed by atoms with Crippen molar-refractivity contribution in [3.05, 3.63) is 10.1 Å². The number of aliphatic carboxylic acids is 1. The SMILES string of the molecule is O=C(O)C(=O)CCN1CCN(CCO[N+](=O)[O-])CC1. The molecule has 0 aromatic carbocycles. The second-order valence-corrected chi connectivity index (χ2v) is 4.22. The summed E-state index contributed by atoms with van der Waals surface area (Å²) in [5.74, 6) is -2.17. The molecule has 1 saturated heterocycles. The van der Waals surface area contributed by atoms with Crippen molar-refractivity contribution in [2.24, 2.45) is 0 Å². The normalized spacial score (nSPS) is 17.1. The molecule has 9 heteroatoms. The molecule has 0 atom stereocenters. The minimum atomic E-state index is -1.39. The van der Waals surface area contributed by atoms with Crippen LogP contribution in [0.3, 0.4) is 0 Å². The zero-order chi connectivity index (χ0) is 14.3. The second-order valence-electron chi connectivity index (χ2n) is 4.22. The number of nitrogens with zero attached hydrogens (tertiary/aromatic N) is 3. The molecule has 0 spiro atoms. The van der Waals surface area contributed by atoms with Crippen LogP contribution in [0.5, 0.6) is 0 Å². The Kier molecular flexibility index (Phi) is 6.16. The van der Waals surface area contributed by atoms with E-state index in [-0.39, 0.29) is 13.0 Å². The Morgan fingerprint density at radius 3 is 2.16 bits per heavy atom. The Morgan fingerprint density at radius 1 is 1.16 bits per heavy atom. The van der Waals surface area contributed by atoms with E-state index in [1.807, 2.05) is 9.80 Å². The van der Waals surface area contributed by atoms with E-state index < -0.39 is 16.8 Å². The van der Waals surface area contributed by atoms with Crippen molar-refractivity contribution in [3.8, 4) is 0 Å². The van der Waals surface area contributed by atoms with E-state index >= 15 is 0 Å². The molecule has 0 amide bonds. The molecule has 1 fully saturated rings. The second kappa shape index (κ2) is 7.64. The first kappa shape index (κ1) is 15.3. The van der Waals surface area contributed by atoms with E-state index in [1.165, 1.54) is 0 Å². The maximum Gasteiger partial charge on any atom is 0.372 e. The fourth-order valence-corrected chi connectivity index (χ4v) is 1.85. The summed E-state index contributed by atoms with van der Waals surface area (Å²) in [5, 5.41) is 17.6. The third kappa shape index (κ3) is 6.11. The van der Waals surface area contributed by atoms with Crippen LogP contribution in [0.25, 0.3) is 0 Å². The van der Waals surface area contributed by atoms with Crippen LogP contribution in [0.15, 0.2) is 0 Å². The van der Waals surface area contributed by atoms with Crippen molar-refractivity contribution in [2.75, 3.05) is 45.9 Å². The van der Waals surface area contributed by atoms with Gasteiger partial charge >= 0.3 is 5.97 Å². The first-order chi connectivity index (χ1) is 8.99. The summed E-state index contributed by atoms with van der Waals surface area (Å²) < 4.78 is 0. The maximum absolute atomic E-state index is 10.9. The standard InChI is InChI=1S/C10H17N3O6/c14-9(10(15)16)1-2-11-3-5-12(6-4-11)7-8-19-13(17)18/h1-8H2,(H,15,16). The average Bonchev–Trinajstić information content (AvgIpc) is 2.37. The van der Waals surface area contributed by atoms with Crippen LogP contribution in [0.4, 0.5) is 0 Å². The molecule has 0 aromatic rings. The Bertz CT molecular complexity index is 340. The minimum Gasteiger partial charge on any atom is -0.476 e. The average molecular weight is 275 g/mol. The van der Waals surface area contributed by atoms with Gasteiger partial charge in [0.15, 0.2) is 0 Å². The monoisotopic (exact) mass is 275 g/mol. The van der Waals surface area contributed by atoms with Gasteiger partial charge in [-0.2, -0.15) is 0 Å². The van der Waals surface area contributed by atoms with Crippen molar-refractivity contribution >= 4 is 11.8 Å². The molecule has 108 valence electrons. The third-order valence-corrected chi connectivity index (χ3v) is 2.96. The predicted octanol–water partition coefficient (Wildman–Crippen LogP) is -1.14. The van der Waals surface area contributed by atoms with Gasteiger partial charge in [0.2, 0.25) is 5.78 Å². The van der Waals surface area contributed by atoms with Crippen LogP contribution in [0.1, 0.15) is 6.42 Å². The highest BCUT2D eigenvalue weighted by Gasteiger charge is 2.19. The molecule has 0 unspecified atom stereocenters. The van der Waals surface area contributed by atoms with Crippen LogP contribution < -0.4 is 0 Å². The number of carboxylic acid groups (broad SMARTS) is 1. The van der Waals surface area contributed by atoms with Crippen LogP contribution >= 0.6 is 0 Å². The first-order valence-corrected chi connectivity index (χ1v) is 5.97. The molecule has 1 aliphatic rings. The van der Waals surface area contributed by atoms with Gasteiger partial charge in [-0.1, -0.05) is 0 Å². The summed E-state index contributed by atoms with van der Waals surface area (Å²) in [7, 11) is 0. The molecule has 1 heterocycles. The van der Waals surface area contributed by atoms with E-state index in [9.17, 15) is 19.7 Å². The van der Waals surface area contributed by atoms with E-state index in [1.54, 1.807) is 0 Å². The molecule has 0 aliphatic carbocycles. The van der Waals surface area contributed by atoms with Gasteiger partial charge in [-0.05, 0) is 0 Å². The summed E-state index contributed by atoms with van der Waals surface area (Å²) >= 11 is 0. The lowest BCUT2D eigenvalue weighted by Crippen LogP contribution is -2.47. The number of piperazine rings is 1. The maximum atomic E-state index is 10.9. The topological polar surface area (TPSA) is 113 Å². The van der Waals surface area contributed by atoms with Gasteiger partial charge in [0, 0.05) is 45.7 Å². The predicted molar refractivity (Wildman–Crippen MR) is 63.1 cm³/mol. The van der Waals surface area contributed by atoms with Crippen LogP contribution in [0, 0.1) is 10.1 Å². The number of Topliss-reactive ketones (excluding diaryl/α,β-unsaturated/α-hetero) is 1. The molecular weight excluding hydrogens is 258 g/mol. The largest absolute Gasteiger partial charge is 0.476 e. The number of hydrogen-bond acceptors (Lipinski definition) is 7. The molecule has 1 N–H and O–H groups in total. The first-order valence-electron chi connectivity index (χ1n) is 5.97. The van der Waals surface area contributed by atoms with Crippen molar-refractivity contribution in [1.82, 2.24) is 9.80 Å². The zero-order valence-electron chi connectivity index (χ0n) is 10.5. The van der Waals surface area contributed by atoms with Gasteiger partial charge in [-0.25, -0.2) is 4.79 Å². The Hall–Kier alpha value is -1.74. The lowest BCUT2D eigenvalue weighted by atomic mass is 10.2. The van der Waals surface area contributed by atoms with Gasteiger partial charge in [0.1, 0.15) is 6.61 Å². The van der Waals surface area contributed by atoms with Crippen molar-refractivity contribution < 1.29 is 24.6 Å². The van der Waals surface area contributed by atoms with E-state index in [0.717, 1.165) is 13.1 Å². The summed E-state index contributed by atoms with van der Waals surface area (Å²) in [4.78, 5) is 39.5. The Balaban J connectivity index is 2.13. The molecule has 0 radical (unpaired) electrons. The lowest BCUT2D eigenvalue weighted by molar-refractivity contribution is -0.757. The zero-order valence-corrected chi connectivity index (χ0v) is 10.5. The van der Waals surface area contributed by atoms with Crippen LogP contribution in [-0.2, 0) is 14.4 Å². The minimum absolute atomic E-state index is 0.0137. The Morgan fingerprint density at radius 2 is 1.68 bits per heavy atom. The number of carbonyl (C=O) groups is 2. The van der Waals surface area contributed by atoms with E-state index in [4.69, 9.17) is 5.11 Å². The van der Waals surface area contributed by atoms with Crippen LogP contribution in [0.2, 0.25) is 0 Å². The molecule has 1 aliphatic heterocycles. The van der Waals surface area contributed by atoms with E-state index in [2.05, 4.69) is 4.84 Å². The highest BCUT2D eigenvalue weighted by Crippen LogP contribution is 2.02. The van der Waals surface area contributed by atoms with Crippen molar-refractivity contribution in [1.29, 1.82) is 0 Å². The van der Waals surface area contributed by atoms with Gasteiger partial charge in [0.25, 0.3) is 5.09 Å².